The van der Waals surface area contributed by atoms with Gasteiger partial charge in [0.15, 0.2) is 0 Å². The van der Waals surface area contributed by atoms with E-state index < -0.39 is 10.1 Å². The standard InChI is InChI=1S/C32H35N3O3S/c1-22-17-18-35-28(19-22)33-29(30(35)34-32(5,6)21-31(2,3)4)24-11-14-26(15-12-24)38-39(36,37)27-16-13-23-9-7-8-10-25(23)20-27/h7-20,34H,21H2,1-6H3. The molecule has 1 N–H and O–H groups in total. The summed E-state index contributed by atoms with van der Waals surface area (Å²) in [7, 11) is -3.99. The fraction of sp³-hybridized carbons (Fsp3) is 0.281. The predicted octanol–water partition coefficient (Wildman–Crippen LogP) is 7.86. The Bertz CT molecular complexity index is 1760. The molecule has 202 valence electrons. The monoisotopic (exact) mass is 541 g/mol. The number of nitrogens with zero attached hydrogens (tertiary/aromatic N) is 2. The second-order valence-electron chi connectivity index (χ2n) is 12.1. The topological polar surface area (TPSA) is 72.7 Å². The minimum absolute atomic E-state index is 0.119. The van der Waals surface area contributed by atoms with Crippen LogP contribution in [0.1, 0.15) is 46.6 Å². The molecule has 5 aromatic rings. The largest absolute Gasteiger partial charge is 0.379 e. The highest BCUT2D eigenvalue weighted by Gasteiger charge is 2.28. The van der Waals surface area contributed by atoms with Crippen LogP contribution in [0.4, 0.5) is 5.82 Å². The maximum atomic E-state index is 13.0. The SMILES string of the molecule is Cc1ccn2c(NC(C)(C)CC(C)(C)C)c(-c3ccc(OS(=O)(=O)c4ccc5ccccc5c4)cc3)nc2c1. The molecule has 0 spiro atoms. The van der Waals surface area contributed by atoms with Gasteiger partial charge in [0.2, 0.25) is 0 Å². The van der Waals surface area contributed by atoms with Gasteiger partial charge in [0.25, 0.3) is 0 Å². The lowest BCUT2D eigenvalue weighted by Gasteiger charge is -2.34. The normalized spacial score (nSPS) is 12.7. The Morgan fingerprint density at radius 2 is 1.56 bits per heavy atom. The Hall–Kier alpha value is -3.84. The minimum atomic E-state index is -3.99. The summed E-state index contributed by atoms with van der Waals surface area (Å²) in [6, 6.07) is 23.8. The van der Waals surface area contributed by atoms with Crippen molar-refractivity contribution in [3.63, 3.8) is 0 Å². The highest BCUT2D eigenvalue weighted by molar-refractivity contribution is 7.87. The van der Waals surface area contributed by atoms with E-state index in [9.17, 15) is 8.42 Å². The van der Waals surface area contributed by atoms with Gasteiger partial charge in [-0.1, -0.05) is 51.1 Å². The average Bonchev–Trinajstić information content (AvgIpc) is 3.18. The van der Waals surface area contributed by atoms with Crippen LogP contribution in [0.5, 0.6) is 5.75 Å². The van der Waals surface area contributed by atoms with Crippen molar-refractivity contribution in [2.45, 2.75) is 58.4 Å². The van der Waals surface area contributed by atoms with Crippen LogP contribution in [0.25, 0.3) is 27.7 Å². The van der Waals surface area contributed by atoms with Gasteiger partial charge >= 0.3 is 10.1 Å². The van der Waals surface area contributed by atoms with Gasteiger partial charge in [0.05, 0.1) is 0 Å². The van der Waals surface area contributed by atoms with Crippen molar-refractivity contribution >= 4 is 32.4 Å². The lowest BCUT2D eigenvalue weighted by Crippen LogP contribution is -2.36. The van der Waals surface area contributed by atoms with Crippen LogP contribution in [0.3, 0.4) is 0 Å². The molecule has 0 unspecified atom stereocenters. The van der Waals surface area contributed by atoms with E-state index >= 15 is 0 Å². The predicted molar refractivity (Wildman–Crippen MR) is 159 cm³/mol. The van der Waals surface area contributed by atoms with Crippen LogP contribution in [0.15, 0.2) is 90.0 Å². The van der Waals surface area contributed by atoms with Crippen LogP contribution >= 0.6 is 0 Å². The van der Waals surface area contributed by atoms with Crippen LogP contribution in [0.2, 0.25) is 0 Å². The van der Waals surface area contributed by atoms with Crippen LogP contribution < -0.4 is 9.50 Å². The summed E-state index contributed by atoms with van der Waals surface area (Å²) in [5, 5.41) is 5.56. The van der Waals surface area contributed by atoms with E-state index in [-0.39, 0.29) is 21.6 Å². The van der Waals surface area contributed by atoms with Crippen molar-refractivity contribution in [3.05, 3.63) is 90.6 Å². The third kappa shape index (κ3) is 5.93. The molecule has 3 aromatic carbocycles. The third-order valence-corrected chi connectivity index (χ3v) is 7.80. The van der Waals surface area contributed by atoms with Crippen LogP contribution in [0, 0.1) is 12.3 Å². The van der Waals surface area contributed by atoms with Gasteiger partial charge in [0, 0.05) is 17.3 Å². The number of hydrogen-bond donors (Lipinski definition) is 1. The molecule has 0 aliphatic carbocycles. The van der Waals surface area contributed by atoms with Gasteiger partial charge in [-0.05, 0) is 97.5 Å². The molecular weight excluding hydrogens is 506 g/mol. The Kier molecular flexibility index (Phi) is 6.67. The number of hydrogen-bond acceptors (Lipinski definition) is 5. The number of rotatable bonds is 7. The summed E-state index contributed by atoms with van der Waals surface area (Å²) in [5.41, 5.74) is 3.58. The molecule has 7 heteroatoms. The molecule has 5 rings (SSSR count). The van der Waals surface area contributed by atoms with E-state index in [0.717, 1.165) is 45.5 Å². The zero-order valence-corrected chi connectivity index (χ0v) is 24.1. The number of benzene rings is 3. The molecule has 0 bridgehead atoms. The third-order valence-electron chi connectivity index (χ3n) is 6.55. The van der Waals surface area contributed by atoms with E-state index in [0.29, 0.717) is 0 Å². The lowest BCUT2D eigenvalue weighted by molar-refractivity contribution is 0.302. The smallest absolute Gasteiger partial charge is 0.339 e. The van der Waals surface area contributed by atoms with Crippen molar-refractivity contribution in [2.75, 3.05) is 5.32 Å². The molecule has 0 fully saturated rings. The van der Waals surface area contributed by atoms with Crippen molar-refractivity contribution in [1.82, 2.24) is 9.38 Å². The first-order chi connectivity index (χ1) is 18.3. The summed E-state index contributed by atoms with van der Waals surface area (Å²) in [6.07, 6.45) is 2.99. The number of aromatic nitrogens is 2. The number of aryl methyl sites for hydroxylation is 1. The summed E-state index contributed by atoms with van der Waals surface area (Å²) in [5.74, 6) is 1.14. The van der Waals surface area contributed by atoms with Crippen molar-refractivity contribution in [2.24, 2.45) is 5.41 Å². The van der Waals surface area contributed by atoms with E-state index in [1.165, 1.54) is 0 Å². The first-order valence-electron chi connectivity index (χ1n) is 13.1. The van der Waals surface area contributed by atoms with Gasteiger partial charge < -0.3 is 9.50 Å². The summed E-state index contributed by atoms with van der Waals surface area (Å²) >= 11 is 0. The minimum Gasteiger partial charge on any atom is -0.379 e. The molecule has 0 radical (unpaired) electrons. The van der Waals surface area contributed by atoms with Gasteiger partial charge in [-0.2, -0.15) is 8.42 Å². The Morgan fingerprint density at radius 1 is 0.872 bits per heavy atom. The zero-order valence-electron chi connectivity index (χ0n) is 23.3. The Morgan fingerprint density at radius 3 is 2.26 bits per heavy atom. The van der Waals surface area contributed by atoms with E-state index in [4.69, 9.17) is 9.17 Å². The summed E-state index contributed by atoms with van der Waals surface area (Å²) in [6.45, 7) is 13.2. The second-order valence-corrected chi connectivity index (χ2v) is 13.6. The van der Waals surface area contributed by atoms with E-state index in [2.05, 4.69) is 56.5 Å². The average molecular weight is 542 g/mol. The van der Waals surface area contributed by atoms with Gasteiger partial charge in [-0.3, -0.25) is 4.40 Å². The van der Waals surface area contributed by atoms with Crippen LogP contribution in [-0.4, -0.2) is 23.3 Å². The maximum absolute atomic E-state index is 13.0. The zero-order chi connectivity index (χ0) is 28.0. The molecule has 0 amide bonds. The first-order valence-corrected chi connectivity index (χ1v) is 14.5. The summed E-state index contributed by atoms with van der Waals surface area (Å²) < 4.78 is 33.6. The van der Waals surface area contributed by atoms with Crippen molar-refractivity contribution < 1.29 is 12.6 Å². The lowest BCUT2D eigenvalue weighted by atomic mass is 9.82. The molecule has 0 aliphatic heterocycles. The first kappa shape index (κ1) is 26.8. The number of pyridine rings is 1. The molecule has 0 saturated carbocycles. The fourth-order valence-electron chi connectivity index (χ4n) is 5.32. The number of fused-ring (bicyclic) bond motifs is 2. The quantitative estimate of drug-likeness (QED) is 0.212. The van der Waals surface area contributed by atoms with E-state index in [1.807, 2.05) is 49.5 Å². The van der Waals surface area contributed by atoms with Crippen molar-refractivity contribution in [3.8, 4) is 17.0 Å². The van der Waals surface area contributed by atoms with Crippen molar-refractivity contribution in [1.29, 1.82) is 0 Å². The Balaban J connectivity index is 1.46. The molecule has 0 atom stereocenters. The number of imidazole rings is 1. The number of nitrogens with one attached hydrogen (secondary N) is 1. The molecule has 39 heavy (non-hydrogen) atoms. The fourth-order valence-corrected chi connectivity index (χ4v) is 6.29. The highest BCUT2D eigenvalue weighted by atomic mass is 32.2. The summed E-state index contributed by atoms with van der Waals surface area (Å²) in [4.78, 5) is 5.07. The molecule has 0 saturated heterocycles. The van der Waals surface area contributed by atoms with Gasteiger partial charge in [-0.25, -0.2) is 4.98 Å². The number of anilines is 1. The maximum Gasteiger partial charge on any atom is 0.339 e. The van der Waals surface area contributed by atoms with Crippen LogP contribution in [-0.2, 0) is 10.1 Å². The van der Waals surface area contributed by atoms with E-state index in [1.54, 1.807) is 30.3 Å². The van der Waals surface area contributed by atoms with Gasteiger partial charge in [-0.15, -0.1) is 0 Å². The van der Waals surface area contributed by atoms with Gasteiger partial charge in [0.1, 0.15) is 27.8 Å². The Labute approximate surface area is 230 Å². The molecule has 0 aliphatic rings. The molecule has 2 heterocycles. The molecular formula is C32H35N3O3S. The highest BCUT2D eigenvalue weighted by Crippen LogP contribution is 2.36. The second kappa shape index (κ2) is 9.72. The molecule has 2 aromatic heterocycles. The molecule has 6 nitrogen and oxygen atoms in total.